The van der Waals surface area contributed by atoms with Crippen LogP contribution >= 0.6 is 11.3 Å². The summed E-state index contributed by atoms with van der Waals surface area (Å²) in [5.41, 5.74) is -1.41. The van der Waals surface area contributed by atoms with Crippen LogP contribution in [0.25, 0.3) is 31.8 Å². The minimum atomic E-state index is -4.77. The van der Waals surface area contributed by atoms with Crippen LogP contribution in [0, 0.1) is 20.2 Å². The predicted molar refractivity (Wildman–Crippen MR) is 129 cm³/mol. The molecule has 3 aromatic carbocycles. The number of benzene rings is 3. The maximum absolute atomic E-state index is 12.7. The van der Waals surface area contributed by atoms with E-state index < -0.39 is 41.9 Å². The first-order valence-electron chi connectivity index (χ1n) is 9.93. The molecule has 0 saturated carbocycles. The van der Waals surface area contributed by atoms with E-state index in [1.54, 1.807) is 6.07 Å². The minimum Gasteiger partial charge on any atom is -0.422 e. The summed E-state index contributed by atoms with van der Waals surface area (Å²) in [6, 6.07) is 14.9. The van der Waals surface area contributed by atoms with Crippen molar-refractivity contribution in [1.29, 1.82) is 0 Å². The standard InChI is InChI=1S/C22H11N3O9S2/c26-22-15(21-23-16-3-1-2-4-19(16)35-21)9-12-5-7-14(11-18(12)33-22)34-36(31,32)20-8-6-13(24(27)28)10-17(20)25(29)30/h1-11H. The first kappa shape index (κ1) is 23.1. The van der Waals surface area contributed by atoms with Crippen molar-refractivity contribution in [3.63, 3.8) is 0 Å². The molecule has 5 aromatic rings. The number of non-ortho nitro benzene ring substituents is 1. The lowest BCUT2D eigenvalue weighted by Gasteiger charge is -2.08. The lowest BCUT2D eigenvalue weighted by molar-refractivity contribution is -0.396. The Morgan fingerprint density at radius 1 is 0.944 bits per heavy atom. The highest BCUT2D eigenvalue weighted by molar-refractivity contribution is 7.87. The molecule has 180 valence electrons. The van der Waals surface area contributed by atoms with Gasteiger partial charge in [-0.05, 0) is 36.4 Å². The first-order valence-corrected chi connectivity index (χ1v) is 12.2. The number of nitro groups is 2. The van der Waals surface area contributed by atoms with E-state index in [0.717, 1.165) is 28.4 Å². The molecule has 0 saturated heterocycles. The summed E-state index contributed by atoms with van der Waals surface area (Å²) in [4.78, 5) is 36.5. The normalized spacial score (nSPS) is 11.6. The highest BCUT2D eigenvalue weighted by Crippen LogP contribution is 2.33. The fraction of sp³-hybridized carbons (Fsp3) is 0. The summed E-state index contributed by atoms with van der Waals surface area (Å²) in [6.07, 6.45) is 0. The Labute approximate surface area is 204 Å². The van der Waals surface area contributed by atoms with Gasteiger partial charge >= 0.3 is 15.7 Å². The largest absolute Gasteiger partial charge is 0.422 e. The van der Waals surface area contributed by atoms with Gasteiger partial charge in [-0.2, -0.15) is 8.42 Å². The van der Waals surface area contributed by atoms with Crippen molar-refractivity contribution in [3.8, 4) is 16.3 Å². The SMILES string of the molecule is O=c1oc2cc(OS(=O)(=O)c3ccc([N+](=O)[O-])cc3[N+](=O)[O-])ccc2cc1-c1nc2ccccc2s1. The summed E-state index contributed by atoms with van der Waals surface area (Å²) in [6.45, 7) is 0. The lowest BCUT2D eigenvalue weighted by Crippen LogP contribution is -2.12. The fourth-order valence-electron chi connectivity index (χ4n) is 3.42. The molecule has 0 fully saturated rings. The van der Waals surface area contributed by atoms with Crippen molar-refractivity contribution in [2.45, 2.75) is 4.90 Å². The number of nitro benzene ring substituents is 2. The van der Waals surface area contributed by atoms with E-state index in [1.807, 2.05) is 24.3 Å². The zero-order chi connectivity index (χ0) is 25.6. The van der Waals surface area contributed by atoms with Gasteiger partial charge in [0.2, 0.25) is 0 Å². The molecule has 2 aromatic heterocycles. The zero-order valence-corrected chi connectivity index (χ0v) is 19.3. The van der Waals surface area contributed by atoms with E-state index in [9.17, 15) is 33.4 Å². The Balaban J connectivity index is 1.51. The second kappa shape index (κ2) is 8.51. The zero-order valence-electron chi connectivity index (χ0n) is 17.7. The van der Waals surface area contributed by atoms with Gasteiger partial charge in [-0.15, -0.1) is 11.3 Å². The molecule has 0 atom stereocenters. The van der Waals surface area contributed by atoms with E-state index in [1.165, 1.54) is 23.5 Å². The van der Waals surface area contributed by atoms with Crippen molar-refractivity contribution >= 4 is 54.0 Å². The fourth-order valence-corrected chi connectivity index (χ4v) is 5.47. The molecule has 0 spiro atoms. The number of nitrogens with zero attached hydrogens (tertiary/aromatic N) is 3. The van der Waals surface area contributed by atoms with Crippen LogP contribution in [-0.2, 0) is 10.1 Å². The maximum atomic E-state index is 12.7. The summed E-state index contributed by atoms with van der Waals surface area (Å²) in [5, 5.41) is 23.1. The third-order valence-corrected chi connectivity index (χ3v) is 7.42. The van der Waals surface area contributed by atoms with Crippen LogP contribution in [-0.4, -0.2) is 23.2 Å². The number of hydrogen-bond donors (Lipinski definition) is 0. The topological polar surface area (TPSA) is 173 Å². The van der Waals surface area contributed by atoms with Gasteiger partial charge in [0, 0.05) is 17.5 Å². The molecule has 5 rings (SSSR count). The molecule has 36 heavy (non-hydrogen) atoms. The highest BCUT2D eigenvalue weighted by atomic mass is 32.2. The summed E-state index contributed by atoms with van der Waals surface area (Å²) in [7, 11) is -4.77. The third kappa shape index (κ3) is 4.14. The van der Waals surface area contributed by atoms with Gasteiger partial charge < -0.3 is 8.60 Å². The molecule has 0 aliphatic carbocycles. The Kier molecular flexibility index (Phi) is 5.45. The van der Waals surface area contributed by atoms with Crippen LogP contribution in [0.15, 0.2) is 80.8 Å². The predicted octanol–water partition coefficient (Wildman–Crippen LogP) is 4.65. The number of rotatable bonds is 6. The Hall–Kier alpha value is -4.69. The van der Waals surface area contributed by atoms with Crippen molar-refractivity contribution in [1.82, 2.24) is 4.98 Å². The van der Waals surface area contributed by atoms with Crippen molar-refractivity contribution in [2.75, 3.05) is 0 Å². The van der Waals surface area contributed by atoms with Crippen LogP contribution in [0.1, 0.15) is 0 Å². The molecular formula is C22H11N3O9S2. The monoisotopic (exact) mass is 525 g/mol. The average Bonchev–Trinajstić information content (AvgIpc) is 3.27. The summed E-state index contributed by atoms with van der Waals surface area (Å²) in [5.74, 6) is -0.286. The van der Waals surface area contributed by atoms with Gasteiger partial charge in [-0.25, -0.2) is 9.78 Å². The van der Waals surface area contributed by atoms with E-state index in [-0.39, 0.29) is 16.9 Å². The lowest BCUT2D eigenvalue weighted by atomic mass is 10.2. The van der Waals surface area contributed by atoms with Gasteiger partial charge in [0.05, 0.1) is 31.7 Å². The van der Waals surface area contributed by atoms with Gasteiger partial charge in [-0.3, -0.25) is 20.2 Å². The van der Waals surface area contributed by atoms with E-state index in [2.05, 4.69) is 4.98 Å². The van der Waals surface area contributed by atoms with E-state index in [0.29, 0.717) is 16.5 Å². The first-order chi connectivity index (χ1) is 17.1. The molecule has 2 heterocycles. The highest BCUT2D eigenvalue weighted by Gasteiger charge is 2.30. The summed E-state index contributed by atoms with van der Waals surface area (Å²) >= 11 is 1.32. The van der Waals surface area contributed by atoms with Gasteiger partial charge in [0.15, 0.2) is 4.90 Å². The third-order valence-electron chi connectivity index (χ3n) is 5.06. The number of aromatic nitrogens is 1. The second-order valence-electron chi connectivity index (χ2n) is 7.34. The molecule has 0 unspecified atom stereocenters. The second-order valence-corrected chi connectivity index (χ2v) is 9.88. The molecule has 0 amide bonds. The van der Waals surface area contributed by atoms with Gasteiger partial charge in [-0.1, -0.05) is 12.1 Å². The molecule has 0 radical (unpaired) electrons. The maximum Gasteiger partial charge on any atom is 0.346 e. The Bertz CT molecular complexity index is 1840. The Morgan fingerprint density at radius 2 is 1.72 bits per heavy atom. The van der Waals surface area contributed by atoms with Crippen molar-refractivity contribution in [2.24, 2.45) is 0 Å². The number of thiazole rings is 1. The molecule has 0 aliphatic rings. The van der Waals surface area contributed by atoms with Gasteiger partial charge in [0.1, 0.15) is 16.3 Å². The van der Waals surface area contributed by atoms with Crippen LogP contribution < -0.4 is 9.81 Å². The van der Waals surface area contributed by atoms with Crippen LogP contribution in [0.2, 0.25) is 0 Å². The van der Waals surface area contributed by atoms with E-state index in [4.69, 9.17) is 8.60 Å². The number of para-hydroxylation sites is 1. The van der Waals surface area contributed by atoms with Gasteiger partial charge in [0.25, 0.3) is 11.4 Å². The molecule has 14 heteroatoms. The van der Waals surface area contributed by atoms with Crippen molar-refractivity contribution < 1.29 is 26.9 Å². The van der Waals surface area contributed by atoms with Crippen molar-refractivity contribution in [3.05, 3.63) is 97.4 Å². The minimum absolute atomic E-state index is 0.00996. The van der Waals surface area contributed by atoms with Crippen LogP contribution in [0.5, 0.6) is 5.75 Å². The smallest absolute Gasteiger partial charge is 0.346 e. The average molecular weight is 525 g/mol. The quantitative estimate of drug-likeness (QED) is 0.131. The Morgan fingerprint density at radius 3 is 2.44 bits per heavy atom. The summed E-state index contributed by atoms with van der Waals surface area (Å²) < 4.78 is 36.7. The number of fused-ring (bicyclic) bond motifs is 2. The molecular weight excluding hydrogens is 514 g/mol. The number of hydrogen-bond acceptors (Lipinski definition) is 11. The van der Waals surface area contributed by atoms with E-state index >= 15 is 0 Å². The molecule has 12 nitrogen and oxygen atoms in total. The molecule has 0 N–H and O–H groups in total. The van der Waals surface area contributed by atoms with Crippen LogP contribution in [0.4, 0.5) is 11.4 Å². The molecule has 0 aliphatic heterocycles. The van der Waals surface area contributed by atoms with Crippen LogP contribution in [0.3, 0.4) is 0 Å². The molecule has 0 bridgehead atoms.